The first-order valence-corrected chi connectivity index (χ1v) is 11.6. The van der Waals surface area contributed by atoms with E-state index in [0.29, 0.717) is 12.2 Å². The molecule has 0 spiro atoms. The lowest BCUT2D eigenvalue weighted by Crippen LogP contribution is -2.09. The predicted octanol–water partition coefficient (Wildman–Crippen LogP) is 7.96. The maximum atomic E-state index is 12.0. The SMILES string of the molecule is CCCCCCCCC(=O)Oc1ccc(C2=CCC(CC(C)CC)CC2)cc1. The fraction of sp³-hybridized carbons (Fsp3) is 0.654. The van der Waals surface area contributed by atoms with Crippen molar-refractivity contribution in [2.75, 3.05) is 0 Å². The fourth-order valence-electron chi connectivity index (χ4n) is 4.07. The Hall–Kier alpha value is -1.57. The number of rotatable bonds is 12. The molecule has 0 aliphatic heterocycles. The predicted molar refractivity (Wildman–Crippen MR) is 119 cm³/mol. The third-order valence-corrected chi connectivity index (χ3v) is 6.14. The fourth-order valence-corrected chi connectivity index (χ4v) is 4.07. The zero-order valence-electron chi connectivity index (χ0n) is 18.3. The minimum absolute atomic E-state index is 0.104. The van der Waals surface area contributed by atoms with Gasteiger partial charge in [-0.3, -0.25) is 4.79 Å². The van der Waals surface area contributed by atoms with Crippen molar-refractivity contribution in [3.8, 4) is 5.75 Å². The molecule has 1 aromatic rings. The second-order valence-corrected chi connectivity index (χ2v) is 8.64. The van der Waals surface area contributed by atoms with E-state index in [-0.39, 0.29) is 5.97 Å². The average Bonchev–Trinajstić information content (AvgIpc) is 2.71. The van der Waals surface area contributed by atoms with Gasteiger partial charge in [0.2, 0.25) is 0 Å². The summed E-state index contributed by atoms with van der Waals surface area (Å²) in [4.78, 5) is 12.0. The Labute approximate surface area is 172 Å². The molecule has 1 aromatic carbocycles. The van der Waals surface area contributed by atoms with Gasteiger partial charge >= 0.3 is 5.97 Å². The van der Waals surface area contributed by atoms with Crippen LogP contribution in [0.15, 0.2) is 30.3 Å². The van der Waals surface area contributed by atoms with E-state index in [9.17, 15) is 4.79 Å². The lowest BCUT2D eigenvalue weighted by Gasteiger charge is -2.24. The summed E-state index contributed by atoms with van der Waals surface area (Å²) in [6.07, 6.45) is 16.4. The van der Waals surface area contributed by atoms with Crippen molar-refractivity contribution in [3.05, 3.63) is 35.9 Å². The Morgan fingerprint density at radius 3 is 2.43 bits per heavy atom. The maximum Gasteiger partial charge on any atom is 0.311 e. The quantitative estimate of drug-likeness (QED) is 0.207. The van der Waals surface area contributed by atoms with Crippen molar-refractivity contribution in [3.63, 3.8) is 0 Å². The molecule has 2 nitrogen and oxygen atoms in total. The topological polar surface area (TPSA) is 26.3 Å². The second kappa shape index (κ2) is 12.8. The highest BCUT2D eigenvalue weighted by molar-refractivity contribution is 5.73. The number of esters is 1. The molecule has 0 heterocycles. The van der Waals surface area contributed by atoms with Crippen LogP contribution in [0.2, 0.25) is 0 Å². The van der Waals surface area contributed by atoms with Crippen LogP contribution in [0, 0.1) is 11.8 Å². The Morgan fingerprint density at radius 2 is 1.79 bits per heavy atom. The largest absolute Gasteiger partial charge is 0.427 e. The van der Waals surface area contributed by atoms with Crippen LogP contribution in [-0.2, 0) is 4.79 Å². The normalized spacial score (nSPS) is 17.8. The summed E-state index contributed by atoms with van der Waals surface area (Å²) in [5, 5.41) is 0. The van der Waals surface area contributed by atoms with Crippen LogP contribution in [0.3, 0.4) is 0 Å². The van der Waals surface area contributed by atoms with Gasteiger partial charge < -0.3 is 4.74 Å². The average molecular weight is 385 g/mol. The van der Waals surface area contributed by atoms with Gasteiger partial charge in [0.15, 0.2) is 0 Å². The number of unbranched alkanes of at least 4 members (excludes halogenated alkanes) is 5. The van der Waals surface area contributed by atoms with Gasteiger partial charge in [0.05, 0.1) is 0 Å². The molecule has 0 N–H and O–H groups in total. The summed E-state index contributed by atoms with van der Waals surface area (Å²) >= 11 is 0. The number of ether oxygens (including phenoxy) is 1. The molecule has 1 aliphatic carbocycles. The standard InChI is InChI=1S/C26H40O2/c1-4-6-7-8-9-10-11-26(27)28-25-18-16-24(17-19-25)23-14-12-22(13-15-23)20-21(3)5-2/h14,16-19,21-22H,4-13,15,20H2,1-3H3. The third kappa shape index (κ3) is 8.20. The molecular weight excluding hydrogens is 344 g/mol. The summed E-state index contributed by atoms with van der Waals surface area (Å²) in [5.74, 6) is 2.25. The minimum atomic E-state index is -0.104. The van der Waals surface area contributed by atoms with Crippen molar-refractivity contribution in [1.29, 1.82) is 0 Å². The summed E-state index contributed by atoms with van der Waals surface area (Å²) < 4.78 is 5.50. The summed E-state index contributed by atoms with van der Waals surface area (Å²) in [6.45, 7) is 6.88. The maximum absolute atomic E-state index is 12.0. The Kier molecular flexibility index (Phi) is 10.4. The van der Waals surface area contributed by atoms with Crippen LogP contribution in [0.1, 0.15) is 103 Å². The third-order valence-electron chi connectivity index (χ3n) is 6.14. The minimum Gasteiger partial charge on any atom is -0.427 e. The molecule has 0 radical (unpaired) electrons. The van der Waals surface area contributed by atoms with Gasteiger partial charge in [-0.25, -0.2) is 0 Å². The van der Waals surface area contributed by atoms with Crippen molar-refractivity contribution < 1.29 is 9.53 Å². The van der Waals surface area contributed by atoms with Crippen LogP contribution >= 0.6 is 0 Å². The van der Waals surface area contributed by atoms with Crippen LogP contribution < -0.4 is 4.74 Å². The van der Waals surface area contributed by atoms with Crippen LogP contribution in [0.4, 0.5) is 0 Å². The number of hydrogen-bond donors (Lipinski definition) is 0. The van der Waals surface area contributed by atoms with Gasteiger partial charge in [0, 0.05) is 6.42 Å². The van der Waals surface area contributed by atoms with Crippen LogP contribution in [0.25, 0.3) is 5.57 Å². The van der Waals surface area contributed by atoms with E-state index in [1.807, 2.05) is 12.1 Å². The highest BCUT2D eigenvalue weighted by Gasteiger charge is 2.17. The first-order valence-electron chi connectivity index (χ1n) is 11.6. The molecule has 2 unspecified atom stereocenters. The van der Waals surface area contributed by atoms with E-state index in [4.69, 9.17) is 4.74 Å². The molecule has 2 heteroatoms. The Morgan fingerprint density at radius 1 is 1.07 bits per heavy atom. The number of hydrogen-bond acceptors (Lipinski definition) is 2. The van der Waals surface area contributed by atoms with E-state index in [1.165, 1.54) is 62.5 Å². The summed E-state index contributed by atoms with van der Waals surface area (Å²) in [5.41, 5.74) is 2.73. The molecule has 0 fully saturated rings. The van der Waals surface area contributed by atoms with Gasteiger partial charge in [0.1, 0.15) is 5.75 Å². The molecular formula is C26H40O2. The van der Waals surface area contributed by atoms with Gasteiger partial charge in [-0.1, -0.05) is 77.5 Å². The molecule has 0 bridgehead atoms. The van der Waals surface area contributed by atoms with Crippen molar-refractivity contribution in [1.82, 2.24) is 0 Å². The number of carbonyl (C=O) groups excluding carboxylic acids is 1. The highest BCUT2D eigenvalue weighted by atomic mass is 16.5. The van der Waals surface area contributed by atoms with Crippen molar-refractivity contribution in [2.45, 2.75) is 97.8 Å². The van der Waals surface area contributed by atoms with E-state index in [0.717, 1.165) is 31.1 Å². The molecule has 0 saturated heterocycles. The zero-order chi connectivity index (χ0) is 20.2. The van der Waals surface area contributed by atoms with Gasteiger partial charge in [-0.05, 0) is 67.2 Å². The molecule has 0 amide bonds. The van der Waals surface area contributed by atoms with Crippen molar-refractivity contribution >= 4 is 11.5 Å². The Bertz CT molecular complexity index is 599. The molecule has 2 rings (SSSR count). The number of allylic oxidation sites excluding steroid dienone is 2. The first-order chi connectivity index (χ1) is 13.6. The van der Waals surface area contributed by atoms with E-state index < -0.39 is 0 Å². The van der Waals surface area contributed by atoms with Crippen LogP contribution in [-0.4, -0.2) is 5.97 Å². The lowest BCUT2D eigenvalue weighted by atomic mass is 9.81. The zero-order valence-corrected chi connectivity index (χ0v) is 18.3. The van der Waals surface area contributed by atoms with E-state index in [2.05, 4.69) is 39.0 Å². The van der Waals surface area contributed by atoms with E-state index in [1.54, 1.807) is 0 Å². The van der Waals surface area contributed by atoms with E-state index >= 15 is 0 Å². The van der Waals surface area contributed by atoms with Gasteiger partial charge in [-0.2, -0.15) is 0 Å². The molecule has 28 heavy (non-hydrogen) atoms. The van der Waals surface area contributed by atoms with Gasteiger partial charge in [0.25, 0.3) is 0 Å². The molecule has 0 aromatic heterocycles. The molecule has 156 valence electrons. The van der Waals surface area contributed by atoms with Crippen molar-refractivity contribution in [2.24, 2.45) is 11.8 Å². The summed E-state index contributed by atoms with van der Waals surface area (Å²) in [6, 6.07) is 8.10. The van der Waals surface area contributed by atoms with Gasteiger partial charge in [-0.15, -0.1) is 0 Å². The molecule has 0 saturated carbocycles. The second-order valence-electron chi connectivity index (χ2n) is 8.64. The summed E-state index contributed by atoms with van der Waals surface area (Å²) in [7, 11) is 0. The molecule has 1 aliphatic rings. The Balaban J connectivity index is 1.73. The lowest BCUT2D eigenvalue weighted by molar-refractivity contribution is -0.134. The number of benzene rings is 1. The van der Waals surface area contributed by atoms with Crippen LogP contribution in [0.5, 0.6) is 5.75 Å². The smallest absolute Gasteiger partial charge is 0.311 e. The monoisotopic (exact) mass is 384 g/mol. The molecule has 2 atom stereocenters. The number of carbonyl (C=O) groups is 1. The first kappa shape index (κ1) is 22.7. The highest BCUT2D eigenvalue weighted by Crippen LogP contribution is 2.34.